The van der Waals surface area contributed by atoms with E-state index in [0.29, 0.717) is 32.4 Å². The Bertz CT molecular complexity index is 471. The van der Waals surface area contributed by atoms with Gasteiger partial charge in [-0.25, -0.2) is 0 Å². The maximum atomic E-state index is 11.4. The minimum absolute atomic E-state index is 0.00940. The summed E-state index contributed by atoms with van der Waals surface area (Å²) in [4.78, 5) is 22.6. The number of rotatable bonds is 5. The van der Waals surface area contributed by atoms with Crippen LogP contribution >= 0.6 is 0 Å². The Morgan fingerprint density at radius 3 is 3.06 bits per heavy atom. The highest BCUT2D eigenvalue weighted by Gasteiger charge is 2.17. The van der Waals surface area contributed by atoms with Gasteiger partial charge in [-0.1, -0.05) is 12.1 Å². The van der Waals surface area contributed by atoms with Gasteiger partial charge in [0.25, 0.3) is 0 Å². The summed E-state index contributed by atoms with van der Waals surface area (Å²) in [6.45, 7) is 1.02. The zero-order chi connectivity index (χ0) is 13.0. The molecular weight excluding hydrogens is 230 g/mol. The summed E-state index contributed by atoms with van der Waals surface area (Å²) >= 11 is 0. The number of carbonyl (C=O) groups excluding carboxylic acids is 2. The van der Waals surface area contributed by atoms with Gasteiger partial charge < -0.3 is 16.4 Å². The van der Waals surface area contributed by atoms with Crippen LogP contribution in [-0.4, -0.2) is 18.4 Å². The van der Waals surface area contributed by atoms with Crippen LogP contribution in [0.3, 0.4) is 0 Å². The summed E-state index contributed by atoms with van der Waals surface area (Å²) in [6, 6.07) is 5.74. The highest BCUT2D eigenvalue weighted by molar-refractivity contribution is 5.99. The van der Waals surface area contributed by atoms with Gasteiger partial charge in [-0.3, -0.25) is 9.59 Å². The molecule has 0 bridgehead atoms. The zero-order valence-electron chi connectivity index (χ0n) is 10.2. The van der Waals surface area contributed by atoms with Gasteiger partial charge in [-0.05, 0) is 30.2 Å². The quantitative estimate of drug-likeness (QED) is 0.710. The molecule has 0 spiro atoms. The SMILES string of the molecule is NCCCC(=O)NCc1ccc2c(c1)CC(=O)N2. The van der Waals surface area contributed by atoms with Gasteiger partial charge in [-0.2, -0.15) is 0 Å². The molecule has 5 nitrogen and oxygen atoms in total. The van der Waals surface area contributed by atoms with Crippen LogP contribution in [0.1, 0.15) is 24.0 Å². The highest BCUT2D eigenvalue weighted by Crippen LogP contribution is 2.23. The van der Waals surface area contributed by atoms with Gasteiger partial charge in [0, 0.05) is 18.7 Å². The molecular formula is C13H17N3O2. The van der Waals surface area contributed by atoms with Gasteiger partial charge >= 0.3 is 0 Å². The third-order valence-corrected chi connectivity index (χ3v) is 2.89. The van der Waals surface area contributed by atoms with Crippen LogP contribution < -0.4 is 16.4 Å². The second-order valence-electron chi connectivity index (χ2n) is 4.39. The number of benzene rings is 1. The van der Waals surface area contributed by atoms with E-state index in [1.807, 2.05) is 18.2 Å². The maximum absolute atomic E-state index is 11.4. The number of carbonyl (C=O) groups is 2. The molecule has 1 heterocycles. The lowest BCUT2D eigenvalue weighted by molar-refractivity contribution is -0.121. The number of hydrogen-bond donors (Lipinski definition) is 3. The van der Waals surface area contributed by atoms with E-state index in [2.05, 4.69) is 10.6 Å². The van der Waals surface area contributed by atoms with Crippen molar-refractivity contribution in [2.24, 2.45) is 5.73 Å². The molecule has 1 aromatic rings. The summed E-state index contributed by atoms with van der Waals surface area (Å²) in [6.07, 6.45) is 1.58. The Morgan fingerprint density at radius 2 is 2.28 bits per heavy atom. The molecule has 0 radical (unpaired) electrons. The first-order chi connectivity index (χ1) is 8.69. The van der Waals surface area contributed by atoms with E-state index >= 15 is 0 Å². The zero-order valence-corrected chi connectivity index (χ0v) is 10.2. The first kappa shape index (κ1) is 12.6. The molecule has 5 heteroatoms. The number of amides is 2. The third-order valence-electron chi connectivity index (χ3n) is 2.89. The van der Waals surface area contributed by atoms with E-state index in [0.717, 1.165) is 16.8 Å². The van der Waals surface area contributed by atoms with Crippen molar-refractivity contribution in [1.82, 2.24) is 5.32 Å². The Labute approximate surface area is 106 Å². The van der Waals surface area contributed by atoms with Crippen LogP contribution in [0.5, 0.6) is 0 Å². The predicted octanol–water partition coefficient (Wildman–Crippen LogP) is 0.536. The molecule has 96 valence electrons. The van der Waals surface area contributed by atoms with Gasteiger partial charge in [0.1, 0.15) is 0 Å². The van der Waals surface area contributed by atoms with E-state index in [9.17, 15) is 9.59 Å². The largest absolute Gasteiger partial charge is 0.352 e. The summed E-state index contributed by atoms with van der Waals surface area (Å²) in [5, 5.41) is 5.61. The minimum Gasteiger partial charge on any atom is -0.352 e. The Hall–Kier alpha value is -1.88. The van der Waals surface area contributed by atoms with Crippen LogP contribution in [0.2, 0.25) is 0 Å². The first-order valence-corrected chi connectivity index (χ1v) is 6.07. The summed E-state index contributed by atoms with van der Waals surface area (Å²) in [5.74, 6) is 0.0317. The Kier molecular flexibility index (Phi) is 3.94. The van der Waals surface area contributed by atoms with Crippen LogP contribution in [-0.2, 0) is 22.6 Å². The topological polar surface area (TPSA) is 84.2 Å². The molecule has 1 aliphatic heterocycles. The van der Waals surface area contributed by atoms with Gasteiger partial charge in [0.2, 0.25) is 11.8 Å². The van der Waals surface area contributed by atoms with E-state index in [4.69, 9.17) is 5.73 Å². The molecule has 1 aliphatic rings. The predicted molar refractivity (Wildman–Crippen MR) is 68.9 cm³/mol. The van der Waals surface area contributed by atoms with Crippen molar-refractivity contribution in [3.8, 4) is 0 Å². The normalized spacial score (nSPS) is 13.1. The molecule has 1 aromatic carbocycles. The van der Waals surface area contributed by atoms with E-state index < -0.39 is 0 Å². The fourth-order valence-corrected chi connectivity index (χ4v) is 1.94. The summed E-state index contributed by atoms with van der Waals surface area (Å²) < 4.78 is 0. The van der Waals surface area contributed by atoms with Crippen LogP contribution in [0.25, 0.3) is 0 Å². The smallest absolute Gasteiger partial charge is 0.228 e. The lowest BCUT2D eigenvalue weighted by Gasteiger charge is -2.06. The van der Waals surface area contributed by atoms with Crippen molar-refractivity contribution in [2.45, 2.75) is 25.8 Å². The van der Waals surface area contributed by atoms with Crippen molar-refractivity contribution in [3.05, 3.63) is 29.3 Å². The van der Waals surface area contributed by atoms with Crippen molar-refractivity contribution in [2.75, 3.05) is 11.9 Å². The first-order valence-electron chi connectivity index (χ1n) is 6.07. The second-order valence-corrected chi connectivity index (χ2v) is 4.39. The summed E-state index contributed by atoms with van der Waals surface area (Å²) in [5.41, 5.74) is 8.21. The second kappa shape index (κ2) is 5.64. The monoisotopic (exact) mass is 247 g/mol. The fraction of sp³-hybridized carbons (Fsp3) is 0.385. The number of anilines is 1. The van der Waals surface area contributed by atoms with E-state index in [-0.39, 0.29) is 11.8 Å². The average molecular weight is 247 g/mol. The highest BCUT2D eigenvalue weighted by atomic mass is 16.2. The van der Waals surface area contributed by atoms with Gasteiger partial charge in [0.15, 0.2) is 0 Å². The van der Waals surface area contributed by atoms with E-state index in [1.54, 1.807) is 0 Å². The fourth-order valence-electron chi connectivity index (χ4n) is 1.94. The molecule has 0 saturated heterocycles. The van der Waals surface area contributed by atoms with Crippen LogP contribution in [0.15, 0.2) is 18.2 Å². The Balaban J connectivity index is 1.89. The van der Waals surface area contributed by atoms with E-state index in [1.165, 1.54) is 0 Å². The average Bonchev–Trinajstić information content (AvgIpc) is 2.73. The molecule has 0 aromatic heterocycles. The van der Waals surface area contributed by atoms with Crippen LogP contribution in [0, 0.1) is 0 Å². The molecule has 0 saturated carbocycles. The van der Waals surface area contributed by atoms with Crippen LogP contribution in [0.4, 0.5) is 5.69 Å². The van der Waals surface area contributed by atoms with Crippen molar-refractivity contribution >= 4 is 17.5 Å². The lowest BCUT2D eigenvalue weighted by atomic mass is 10.1. The number of nitrogens with two attached hydrogens (primary N) is 1. The molecule has 0 unspecified atom stereocenters. The molecule has 2 rings (SSSR count). The molecule has 0 atom stereocenters. The molecule has 18 heavy (non-hydrogen) atoms. The van der Waals surface area contributed by atoms with Crippen molar-refractivity contribution < 1.29 is 9.59 Å². The Morgan fingerprint density at radius 1 is 1.44 bits per heavy atom. The summed E-state index contributed by atoms with van der Waals surface area (Å²) in [7, 11) is 0. The maximum Gasteiger partial charge on any atom is 0.228 e. The standard InChI is InChI=1S/C13H17N3O2/c14-5-1-2-12(17)15-8-9-3-4-11-10(6-9)7-13(18)16-11/h3-4,6H,1-2,5,7-8,14H2,(H,15,17)(H,16,18). The lowest BCUT2D eigenvalue weighted by Crippen LogP contribution is -2.23. The third kappa shape index (κ3) is 3.07. The number of nitrogens with one attached hydrogen (secondary N) is 2. The molecule has 2 amide bonds. The molecule has 0 aliphatic carbocycles. The van der Waals surface area contributed by atoms with Gasteiger partial charge in [0.05, 0.1) is 6.42 Å². The number of fused-ring (bicyclic) bond motifs is 1. The van der Waals surface area contributed by atoms with Crippen molar-refractivity contribution in [1.29, 1.82) is 0 Å². The minimum atomic E-state index is 0.00940. The number of hydrogen-bond acceptors (Lipinski definition) is 3. The van der Waals surface area contributed by atoms with Crippen molar-refractivity contribution in [3.63, 3.8) is 0 Å². The van der Waals surface area contributed by atoms with Gasteiger partial charge in [-0.15, -0.1) is 0 Å². The molecule has 0 fully saturated rings. The molecule has 4 N–H and O–H groups in total.